The number of rotatable bonds is 6. The number of nitrogens with zero attached hydrogens (tertiary/aromatic N) is 3. The summed E-state index contributed by atoms with van der Waals surface area (Å²) in [6.07, 6.45) is 1.01. The van der Waals surface area contributed by atoms with Gasteiger partial charge in [0, 0.05) is 24.2 Å². The van der Waals surface area contributed by atoms with E-state index in [1.165, 1.54) is 0 Å². The molecule has 3 rings (SSSR count). The van der Waals surface area contributed by atoms with Crippen molar-refractivity contribution in [1.29, 1.82) is 0 Å². The van der Waals surface area contributed by atoms with Crippen molar-refractivity contribution in [2.24, 2.45) is 0 Å². The zero-order chi connectivity index (χ0) is 22.6. The van der Waals surface area contributed by atoms with E-state index in [1.54, 1.807) is 13.8 Å². The standard InChI is InChI=1S/C24H33N3O4/c1-6-30-23(29)20-16-21(24(3,4)5)27(25-20)18-12-14-26(15-13-18)22(28)17(2)31-19-10-8-7-9-11-19/h7-11,16-18H,6,12-15H2,1-5H3/t17-/m0/s1. The molecule has 0 unspecified atom stereocenters. The van der Waals surface area contributed by atoms with E-state index in [-0.39, 0.29) is 17.4 Å². The summed E-state index contributed by atoms with van der Waals surface area (Å²) >= 11 is 0. The van der Waals surface area contributed by atoms with Crippen molar-refractivity contribution < 1.29 is 19.1 Å². The van der Waals surface area contributed by atoms with E-state index in [4.69, 9.17) is 9.47 Å². The largest absolute Gasteiger partial charge is 0.481 e. The molecule has 0 radical (unpaired) electrons. The Hall–Kier alpha value is -2.83. The molecule has 1 amide bonds. The van der Waals surface area contributed by atoms with E-state index >= 15 is 0 Å². The molecule has 1 atom stereocenters. The topological polar surface area (TPSA) is 73.7 Å². The lowest BCUT2D eigenvalue weighted by Crippen LogP contribution is -2.45. The predicted molar refractivity (Wildman–Crippen MR) is 118 cm³/mol. The van der Waals surface area contributed by atoms with Gasteiger partial charge in [0.05, 0.1) is 12.6 Å². The van der Waals surface area contributed by atoms with Crippen LogP contribution in [0.2, 0.25) is 0 Å². The van der Waals surface area contributed by atoms with Gasteiger partial charge in [-0.05, 0) is 44.9 Å². The summed E-state index contributed by atoms with van der Waals surface area (Å²) in [5.74, 6) is 0.286. The summed E-state index contributed by atoms with van der Waals surface area (Å²) < 4.78 is 12.9. The van der Waals surface area contributed by atoms with Crippen molar-refractivity contribution >= 4 is 11.9 Å². The Kier molecular flexibility index (Phi) is 7.03. The number of para-hydroxylation sites is 1. The highest BCUT2D eigenvalue weighted by Crippen LogP contribution is 2.31. The molecule has 1 aliphatic heterocycles. The van der Waals surface area contributed by atoms with Gasteiger partial charge in [-0.1, -0.05) is 39.0 Å². The van der Waals surface area contributed by atoms with E-state index in [0.717, 1.165) is 18.5 Å². The highest BCUT2D eigenvalue weighted by molar-refractivity contribution is 5.87. The van der Waals surface area contributed by atoms with Gasteiger partial charge in [-0.3, -0.25) is 9.48 Å². The van der Waals surface area contributed by atoms with Crippen LogP contribution in [0.25, 0.3) is 0 Å². The molecule has 1 aromatic carbocycles. The molecule has 1 aromatic heterocycles. The molecule has 31 heavy (non-hydrogen) atoms. The number of aromatic nitrogens is 2. The van der Waals surface area contributed by atoms with Gasteiger partial charge in [0.15, 0.2) is 11.8 Å². The van der Waals surface area contributed by atoms with E-state index in [0.29, 0.717) is 31.1 Å². The van der Waals surface area contributed by atoms with E-state index in [9.17, 15) is 9.59 Å². The summed E-state index contributed by atoms with van der Waals surface area (Å²) in [4.78, 5) is 26.9. The van der Waals surface area contributed by atoms with Crippen LogP contribution in [0.15, 0.2) is 36.4 Å². The number of amides is 1. The Morgan fingerprint density at radius 1 is 1.16 bits per heavy atom. The van der Waals surface area contributed by atoms with E-state index in [1.807, 2.05) is 46.0 Å². The van der Waals surface area contributed by atoms with Crippen molar-refractivity contribution in [3.63, 3.8) is 0 Å². The smallest absolute Gasteiger partial charge is 0.358 e. The maximum absolute atomic E-state index is 12.9. The molecule has 0 saturated carbocycles. The van der Waals surface area contributed by atoms with Crippen LogP contribution in [0.1, 0.15) is 69.7 Å². The minimum atomic E-state index is -0.538. The lowest BCUT2D eigenvalue weighted by Gasteiger charge is -2.35. The number of esters is 1. The molecular formula is C24H33N3O4. The first kappa shape index (κ1) is 22.8. The maximum atomic E-state index is 12.9. The number of hydrogen-bond acceptors (Lipinski definition) is 5. The number of carbonyl (C=O) groups excluding carboxylic acids is 2. The van der Waals surface area contributed by atoms with Crippen molar-refractivity contribution in [3.8, 4) is 5.75 Å². The summed E-state index contributed by atoms with van der Waals surface area (Å²) in [6.45, 7) is 11.5. The Morgan fingerprint density at radius 3 is 2.39 bits per heavy atom. The van der Waals surface area contributed by atoms with E-state index < -0.39 is 12.1 Å². The van der Waals surface area contributed by atoms with Crippen molar-refractivity contribution in [1.82, 2.24) is 14.7 Å². The third-order valence-corrected chi connectivity index (χ3v) is 5.51. The van der Waals surface area contributed by atoms with Gasteiger partial charge in [0.25, 0.3) is 5.91 Å². The van der Waals surface area contributed by atoms with Crippen LogP contribution in [0.5, 0.6) is 5.75 Å². The first-order chi connectivity index (χ1) is 14.7. The van der Waals surface area contributed by atoms with E-state index in [2.05, 4.69) is 25.9 Å². The number of hydrogen-bond donors (Lipinski definition) is 0. The molecule has 2 aromatic rings. The van der Waals surface area contributed by atoms with Gasteiger partial charge in [-0.25, -0.2) is 4.79 Å². The van der Waals surface area contributed by atoms with Crippen molar-refractivity contribution in [2.75, 3.05) is 19.7 Å². The minimum absolute atomic E-state index is 0.00831. The van der Waals surface area contributed by atoms with Gasteiger partial charge >= 0.3 is 5.97 Å². The summed E-state index contributed by atoms with van der Waals surface area (Å²) in [5.41, 5.74) is 1.18. The van der Waals surface area contributed by atoms with Crippen LogP contribution in [-0.4, -0.2) is 52.4 Å². The van der Waals surface area contributed by atoms with Crippen LogP contribution in [0.4, 0.5) is 0 Å². The van der Waals surface area contributed by atoms with Gasteiger partial charge in [-0.2, -0.15) is 5.10 Å². The zero-order valence-corrected chi connectivity index (χ0v) is 19.1. The molecule has 7 nitrogen and oxygen atoms in total. The second-order valence-electron chi connectivity index (χ2n) is 8.96. The number of benzene rings is 1. The zero-order valence-electron chi connectivity index (χ0n) is 19.1. The van der Waals surface area contributed by atoms with Gasteiger partial charge < -0.3 is 14.4 Å². The molecule has 2 heterocycles. The molecule has 0 bridgehead atoms. The molecule has 1 saturated heterocycles. The molecular weight excluding hydrogens is 394 g/mol. The Balaban J connectivity index is 1.67. The first-order valence-electron chi connectivity index (χ1n) is 11.0. The second-order valence-corrected chi connectivity index (χ2v) is 8.96. The third-order valence-electron chi connectivity index (χ3n) is 5.51. The number of ether oxygens (including phenoxy) is 2. The first-order valence-corrected chi connectivity index (χ1v) is 11.0. The molecule has 7 heteroatoms. The summed E-state index contributed by atoms with van der Waals surface area (Å²) in [6, 6.07) is 11.4. The highest BCUT2D eigenvalue weighted by atomic mass is 16.5. The number of piperidine rings is 1. The monoisotopic (exact) mass is 427 g/mol. The Morgan fingerprint density at radius 2 is 1.81 bits per heavy atom. The van der Waals surface area contributed by atoms with Gasteiger partial charge in [0.2, 0.25) is 0 Å². The van der Waals surface area contributed by atoms with Crippen LogP contribution in [0, 0.1) is 0 Å². The fraction of sp³-hybridized carbons (Fsp3) is 0.542. The van der Waals surface area contributed by atoms with Gasteiger partial charge in [0.1, 0.15) is 5.75 Å². The number of carbonyl (C=O) groups is 2. The lowest BCUT2D eigenvalue weighted by atomic mass is 9.91. The molecule has 1 fully saturated rings. The third kappa shape index (κ3) is 5.46. The fourth-order valence-electron chi connectivity index (χ4n) is 3.88. The normalized spacial score (nSPS) is 16.1. The highest BCUT2D eigenvalue weighted by Gasteiger charge is 2.32. The quantitative estimate of drug-likeness (QED) is 0.652. The number of likely N-dealkylation sites (tertiary alicyclic amines) is 1. The Bertz CT molecular complexity index is 893. The van der Waals surface area contributed by atoms with Crippen LogP contribution < -0.4 is 4.74 Å². The lowest BCUT2D eigenvalue weighted by molar-refractivity contribution is -0.139. The van der Waals surface area contributed by atoms with Crippen molar-refractivity contribution in [3.05, 3.63) is 47.8 Å². The molecule has 0 aliphatic carbocycles. The summed E-state index contributed by atoms with van der Waals surface area (Å²) in [7, 11) is 0. The average Bonchev–Trinajstić information content (AvgIpc) is 3.20. The summed E-state index contributed by atoms with van der Waals surface area (Å²) in [5, 5.41) is 4.59. The molecule has 1 aliphatic rings. The molecule has 0 N–H and O–H groups in total. The van der Waals surface area contributed by atoms with Crippen molar-refractivity contribution in [2.45, 2.75) is 65.0 Å². The Labute approximate surface area is 184 Å². The van der Waals surface area contributed by atoms with Crippen LogP contribution >= 0.6 is 0 Å². The second kappa shape index (κ2) is 9.54. The molecule has 168 valence electrons. The maximum Gasteiger partial charge on any atom is 0.358 e. The molecule has 0 spiro atoms. The van der Waals surface area contributed by atoms with Crippen LogP contribution in [-0.2, 0) is 14.9 Å². The SMILES string of the molecule is CCOC(=O)c1cc(C(C)(C)C)n(C2CCN(C(=O)[C@H](C)Oc3ccccc3)CC2)n1. The predicted octanol–water partition coefficient (Wildman–Crippen LogP) is 3.99. The van der Waals surface area contributed by atoms with Gasteiger partial charge in [-0.15, -0.1) is 0 Å². The minimum Gasteiger partial charge on any atom is -0.481 e. The average molecular weight is 428 g/mol. The fourth-order valence-corrected chi connectivity index (χ4v) is 3.88. The van der Waals surface area contributed by atoms with Crippen LogP contribution in [0.3, 0.4) is 0 Å².